The quantitative estimate of drug-likeness (QED) is 0.801. The van der Waals surface area contributed by atoms with Gasteiger partial charge in [-0.15, -0.1) is 0 Å². The Labute approximate surface area is 97.0 Å². The zero-order valence-corrected chi connectivity index (χ0v) is 10.1. The van der Waals surface area contributed by atoms with Crippen LogP contribution >= 0.6 is 0 Å². The molecule has 1 fully saturated rings. The van der Waals surface area contributed by atoms with Crippen molar-refractivity contribution < 1.29 is 0 Å². The van der Waals surface area contributed by atoms with Crippen molar-refractivity contribution in [3.63, 3.8) is 0 Å². The molecule has 16 heavy (non-hydrogen) atoms. The molecule has 0 spiro atoms. The molecule has 2 aliphatic rings. The van der Waals surface area contributed by atoms with Gasteiger partial charge in [-0.25, -0.2) is 4.98 Å². The molecule has 88 valence electrons. The van der Waals surface area contributed by atoms with E-state index in [0.29, 0.717) is 5.92 Å². The van der Waals surface area contributed by atoms with Crippen LogP contribution in [0.25, 0.3) is 0 Å². The van der Waals surface area contributed by atoms with Crippen molar-refractivity contribution in [3.05, 3.63) is 17.2 Å². The van der Waals surface area contributed by atoms with Crippen molar-refractivity contribution in [2.75, 3.05) is 13.1 Å². The highest BCUT2D eigenvalue weighted by atomic mass is 15.0. The Morgan fingerprint density at radius 2 is 2.06 bits per heavy atom. The molecule has 3 nitrogen and oxygen atoms in total. The smallest absolute Gasteiger partial charge is 0.109 e. The van der Waals surface area contributed by atoms with E-state index in [0.717, 1.165) is 19.0 Å². The van der Waals surface area contributed by atoms with Crippen LogP contribution in [0.4, 0.5) is 0 Å². The number of aryl methyl sites for hydroxylation is 1. The van der Waals surface area contributed by atoms with Gasteiger partial charge >= 0.3 is 0 Å². The second-order valence-electron chi connectivity index (χ2n) is 5.15. The molecular formula is C13H21N3. The summed E-state index contributed by atoms with van der Waals surface area (Å²) in [4.78, 5) is 8.47. The Bertz CT molecular complexity index is 363. The van der Waals surface area contributed by atoms with Gasteiger partial charge < -0.3 is 10.3 Å². The molecule has 1 saturated heterocycles. The number of H-pyrrole nitrogens is 1. The Morgan fingerprint density at radius 3 is 2.81 bits per heavy atom. The lowest BCUT2D eigenvalue weighted by molar-refractivity contribution is 0.445. The van der Waals surface area contributed by atoms with E-state index >= 15 is 0 Å². The maximum absolute atomic E-state index is 4.88. The van der Waals surface area contributed by atoms with Gasteiger partial charge in [0.05, 0.1) is 5.69 Å². The summed E-state index contributed by atoms with van der Waals surface area (Å²) in [5.41, 5.74) is 2.82. The van der Waals surface area contributed by atoms with Gasteiger partial charge in [0.1, 0.15) is 5.82 Å². The van der Waals surface area contributed by atoms with Crippen molar-refractivity contribution in [1.29, 1.82) is 0 Å². The number of imidazole rings is 1. The molecule has 1 aliphatic carbocycles. The maximum atomic E-state index is 4.88. The maximum Gasteiger partial charge on any atom is 0.109 e. The van der Waals surface area contributed by atoms with E-state index in [9.17, 15) is 0 Å². The van der Waals surface area contributed by atoms with Gasteiger partial charge in [0, 0.05) is 17.5 Å². The highest BCUT2D eigenvalue weighted by Gasteiger charge is 2.27. The van der Waals surface area contributed by atoms with E-state index in [4.69, 9.17) is 4.98 Å². The average Bonchev–Trinajstić information content (AvgIpc) is 2.89. The van der Waals surface area contributed by atoms with Gasteiger partial charge in [-0.05, 0) is 45.2 Å². The first-order chi connectivity index (χ1) is 7.88. The number of aromatic nitrogens is 2. The molecule has 1 aromatic rings. The van der Waals surface area contributed by atoms with Crippen LogP contribution in [0, 0.1) is 0 Å². The lowest BCUT2D eigenvalue weighted by atomic mass is 9.97. The molecule has 3 heteroatoms. The SMILES string of the molecule is CCC1CCc2[nH]c(C3CCNCC3)nc21. The molecule has 0 bridgehead atoms. The van der Waals surface area contributed by atoms with Crippen molar-refractivity contribution in [2.45, 2.75) is 50.9 Å². The first-order valence-electron chi connectivity index (χ1n) is 6.68. The van der Waals surface area contributed by atoms with Crippen LogP contribution in [0.15, 0.2) is 0 Å². The van der Waals surface area contributed by atoms with Crippen LogP contribution in [0.1, 0.15) is 61.7 Å². The summed E-state index contributed by atoms with van der Waals surface area (Å²) >= 11 is 0. The van der Waals surface area contributed by atoms with E-state index in [2.05, 4.69) is 17.2 Å². The van der Waals surface area contributed by atoms with Crippen LogP contribution in [-0.4, -0.2) is 23.1 Å². The third kappa shape index (κ3) is 1.67. The fourth-order valence-electron chi connectivity index (χ4n) is 3.11. The zero-order valence-electron chi connectivity index (χ0n) is 10.1. The molecule has 0 amide bonds. The molecule has 3 rings (SSSR count). The van der Waals surface area contributed by atoms with Crippen molar-refractivity contribution in [2.24, 2.45) is 0 Å². The van der Waals surface area contributed by atoms with Crippen LogP contribution in [0.3, 0.4) is 0 Å². The van der Waals surface area contributed by atoms with Gasteiger partial charge in [0.15, 0.2) is 0 Å². The summed E-state index contributed by atoms with van der Waals surface area (Å²) in [5, 5.41) is 3.41. The number of nitrogens with zero attached hydrogens (tertiary/aromatic N) is 1. The van der Waals surface area contributed by atoms with Gasteiger partial charge in [-0.1, -0.05) is 6.92 Å². The number of hydrogen-bond acceptors (Lipinski definition) is 2. The summed E-state index contributed by atoms with van der Waals surface area (Å²) in [7, 11) is 0. The Morgan fingerprint density at radius 1 is 1.25 bits per heavy atom. The van der Waals surface area contributed by atoms with Crippen LogP contribution in [0.5, 0.6) is 0 Å². The third-order valence-corrected chi connectivity index (χ3v) is 4.18. The number of hydrogen-bond donors (Lipinski definition) is 2. The molecule has 0 aromatic carbocycles. The molecule has 2 heterocycles. The molecule has 2 N–H and O–H groups in total. The minimum Gasteiger partial charge on any atom is -0.345 e. The summed E-state index contributed by atoms with van der Waals surface area (Å²) in [6, 6.07) is 0. The normalized spacial score (nSPS) is 25.9. The van der Waals surface area contributed by atoms with Gasteiger partial charge in [0.2, 0.25) is 0 Å². The Balaban J connectivity index is 1.82. The lowest BCUT2D eigenvalue weighted by Crippen LogP contribution is -2.27. The zero-order chi connectivity index (χ0) is 11.0. The van der Waals surface area contributed by atoms with E-state index in [-0.39, 0.29) is 0 Å². The molecular weight excluding hydrogens is 198 g/mol. The minimum atomic E-state index is 0.671. The fourth-order valence-corrected chi connectivity index (χ4v) is 3.11. The average molecular weight is 219 g/mol. The van der Waals surface area contributed by atoms with Crippen LogP contribution in [-0.2, 0) is 6.42 Å². The van der Waals surface area contributed by atoms with Crippen molar-refractivity contribution in [3.8, 4) is 0 Å². The van der Waals surface area contributed by atoms with Crippen LogP contribution < -0.4 is 5.32 Å². The van der Waals surface area contributed by atoms with E-state index in [1.807, 2.05) is 0 Å². The molecule has 1 aromatic heterocycles. The highest BCUT2D eigenvalue weighted by molar-refractivity contribution is 5.26. The number of rotatable bonds is 2. The Kier molecular flexibility index (Phi) is 2.72. The second kappa shape index (κ2) is 4.21. The predicted octanol–water partition coefficient (Wildman–Crippen LogP) is 2.32. The molecule has 1 aliphatic heterocycles. The third-order valence-electron chi connectivity index (χ3n) is 4.18. The standard InChI is InChI=1S/C13H21N3/c1-2-9-3-4-11-12(9)16-13(15-11)10-5-7-14-8-6-10/h9-10,14H,2-8H2,1H3,(H,15,16). The van der Waals surface area contributed by atoms with Gasteiger partial charge in [-0.2, -0.15) is 0 Å². The summed E-state index contributed by atoms with van der Waals surface area (Å²) < 4.78 is 0. The lowest BCUT2D eigenvalue weighted by Gasteiger charge is -2.20. The monoisotopic (exact) mass is 219 g/mol. The first kappa shape index (κ1) is 10.3. The Hall–Kier alpha value is -0.830. The summed E-state index contributed by atoms with van der Waals surface area (Å²) in [6.07, 6.45) is 6.23. The minimum absolute atomic E-state index is 0.671. The largest absolute Gasteiger partial charge is 0.345 e. The number of aromatic amines is 1. The predicted molar refractivity (Wildman–Crippen MR) is 64.8 cm³/mol. The van der Waals surface area contributed by atoms with Gasteiger partial charge in [-0.3, -0.25) is 0 Å². The summed E-state index contributed by atoms with van der Waals surface area (Å²) in [5.74, 6) is 2.66. The molecule has 0 saturated carbocycles. The van der Waals surface area contributed by atoms with Crippen molar-refractivity contribution >= 4 is 0 Å². The van der Waals surface area contributed by atoms with E-state index in [1.54, 1.807) is 0 Å². The van der Waals surface area contributed by atoms with E-state index in [1.165, 1.54) is 49.3 Å². The van der Waals surface area contributed by atoms with Gasteiger partial charge in [0.25, 0.3) is 0 Å². The summed E-state index contributed by atoms with van der Waals surface area (Å²) in [6.45, 7) is 4.57. The molecule has 0 radical (unpaired) electrons. The number of nitrogens with one attached hydrogen (secondary N) is 2. The number of fused-ring (bicyclic) bond motifs is 1. The van der Waals surface area contributed by atoms with Crippen LogP contribution in [0.2, 0.25) is 0 Å². The van der Waals surface area contributed by atoms with Crippen molar-refractivity contribution in [1.82, 2.24) is 15.3 Å². The molecule has 1 atom stereocenters. The van der Waals surface area contributed by atoms with E-state index < -0.39 is 0 Å². The highest BCUT2D eigenvalue weighted by Crippen LogP contribution is 2.35. The first-order valence-corrected chi connectivity index (χ1v) is 6.68. The second-order valence-corrected chi connectivity index (χ2v) is 5.15. The number of piperidine rings is 1. The fraction of sp³-hybridized carbons (Fsp3) is 0.769. The topological polar surface area (TPSA) is 40.7 Å². The molecule has 1 unspecified atom stereocenters.